The average Bonchev–Trinajstić information content (AvgIpc) is 2.29. The molecule has 0 bridgehead atoms. The number of hydrogen-bond donors (Lipinski definition) is 1. The Morgan fingerprint density at radius 1 is 1.35 bits per heavy atom. The van der Waals surface area contributed by atoms with Gasteiger partial charge in [-0.2, -0.15) is 0 Å². The van der Waals surface area contributed by atoms with Crippen LogP contribution in [0.15, 0.2) is 30.4 Å². The van der Waals surface area contributed by atoms with Gasteiger partial charge in [-0.25, -0.2) is 9.18 Å². The zero-order chi connectivity index (χ0) is 12.7. The highest BCUT2D eigenvalue weighted by molar-refractivity contribution is 5.85. The van der Waals surface area contributed by atoms with Crippen molar-refractivity contribution in [3.63, 3.8) is 0 Å². The molecule has 0 saturated heterocycles. The molecule has 88 valence electrons. The molecule has 0 aliphatic carbocycles. The number of rotatable bonds is 5. The second-order valence-corrected chi connectivity index (χ2v) is 3.26. The maximum Gasteiger partial charge on any atom is 0.328 e. The lowest BCUT2D eigenvalue weighted by atomic mass is 10.1. The molecule has 4 heteroatoms. The Balaban J connectivity index is 2.93. The Hall–Kier alpha value is -2.23. The molecular weight excluding hydrogens is 223 g/mol. The Bertz CT molecular complexity index is 476. The minimum absolute atomic E-state index is 0.195. The number of carboxylic acid groups (broad SMARTS) is 1. The minimum Gasteiger partial charge on any atom is -0.478 e. The van der Waals surface area contributed by atoms with Crippen LogP contribution in [0.3, 0.4) is 0 Å². The maximum absolute atomic E-state index is 13.3. The lowest BCUT2D eigenvalue weighted by molar-refractivity contribution is -0.131. The fraction of sp³-hybridized carbons (Fsp3) is 0.0769. The molecule has 1 rings (SSSR count). The van der Waals surface area contributed by atoms with E-state index in [0.717, 1.165) is 12.4 Å². The van der Waals surface area contributed by atoms with E-state index < -0.39 is 11.8 Å². The Morgan fingerprint density at radius 2 is 2.12 bits per heavy atom. The monoisotopic (exact) mass is 234 g/mol. The second-order valence-electron chi connectivity index (χ2n) is 3.26. The molecule has 17 heavy (non-hydrogen) atoms. The van der Waals surface area contributed by atoms with Gasteiger partial charge in [-0.15, -0.1) is 0 Å². The predicted octanol–water partition coefficient (Wildman–Crippen LogP) is 2.53. The summed E-state index contributed by atoms with van der Waals surface area (Å²) < 4.78 is 13.3. The number of benzene rings is 1. The minimum atomic E-state index is -1.13. The quantitative estimate of drug-likeness (QED) is 0.629. The first-order chi connectivity index (χ1) is 8.13. The SMILES string of the molecule is O=CCC=Cc1ccc(F)c(/C=C/C(=O)O)c1. The third kappa shape index (κ3) is 4.42. The summed E-state index contributed by atoms with van der Waals surface area (Å²) in [6, 6.07) is 4.31. The van der Waals surface area contributed by atoms with Crippen LogP contribution in [0.5, 0.6) is 0 Å². The summed E-state index contributed by atoms with van der Waals surface area (Å²) in [5, 5.41) is 8.45. The van der Waals surface area contributed by atoms with E-state index in [2.05, 4.69) is 0 Å². The number of aliphatic carboxylic acids is 1. The van der Waals surface area contributed by atoms with Gasteiger partial charge in [0.2, 0.25) is 0 Å². The fourth-order valence-corrected chi connectivity index (χ4v) is 1.21. The van der Waals surface area contributed by atoms with Gasteiger partial charge in [0, 0.05) is 18.1 Å². The topological polar surface area (TPSA) is 54.4 Å². The lowest BCUT2D eigenvalue weighted by Crippen LogP contribution is -1.88. The zero-order valence-electron chi connectivity index (χ0n) is 8.97. The molecule has 0 radical (unpaired) electrons. The van der Waals surface area contributed by atoms with Gasteiger partial charge in [-0.05, 0) is 23.8 Å². The Labute approximate surface area is 97.9 Å². The summed E-state index contributed by atoms with van der Waals surface area (Å²) in [5.41, 5.74) is 0.902. The first kappa shape index (κ1) is 12.8. The van der Waals surface area contributed by atoms with Gasteiger partial charge in [0.1, 0.15) is 12.1 Å². The molecular formula is C13H11FO3. The number of allylic oxidation sites excluding steroid dienone is 1. The summed E-state index contributed by atoms with van der Waals surface area (Å²) in [7, 11) is 0. The number of halogens is 1. The van der Waals surface area contributed by atoms with Crippen molar-refractivity contribution in [2.24, 2.45) is 0 Å². The highest BCUT2D eigenvalue weighted by atomic mass is 19.1. The number of carbonyl (C=O) groups excluding carboxylic acids is 1. The van der Waals surface area contributed by atoms with Crippen LogP contribution in [0.4, 0.5) is 4.39 Å². The summed E-state index contributed by atoms with van der Waals surface area (Å²) in [5.74, 6) is -1.62. The van der Waals surface area contributed by atoms with Crippen LogP contribution in [0.1, 0.15) is 17.5 Å². The maximum atomic E-state index is 13.3. The molecule has 3 nitrogen and oxygen atoms in total. The van der Waals surface area contributed by atoms with Crippen molar-refractivity contribution in [1.82, 2.24) is 0 Å². The Morgan fingerprint density at radius 3 is 2.76 bits per heavy atom. The summed E-state index contributed by atoms with van der Waals surface area (Å²) in [4.78, 5) is 20.4. The molecule has 0 unspecified atom stereocenters. The smallest absolute Gasteiger partial charge is 0.328 e. The highest BCUT2D eigenvalue weighted by Crippen LogP contribution is 2.13. The third-order valence-electron chi connectivity index (χ3n) is 1.97. The standard InChI is InChI=1S/C13H11FO3/c14-12-6-4-10(3-1-2-8-15)9-11(12)5-7-13(16)17/h1,3-9H,2H2,(H,16,17)/b3-1?,7-5+. The van der Waals surface area contributed by atoms with E-state index in [-0.39, 0.29) is 12.0 Å². The van der Waals surface area contributed by atoms with E-state index in [1.807, 2.05) is 0 Å². The van der Waals surface area contributed by atoms with Crippen molar-refractivity contribution in [3.8, 4) is 0 Å². The molecule has 1 aromatic rings. The molecule has 0 aliphatic heterocycles. The van der Waals surface area contributed by atoms with Crippen LogP contribution in [0.25, 0.3) is 12.2 Å². The van der Waals surface area contributed by atoms with Gasteiger partial charge in [-0.3, -0.25) is 0 Å². The Kier molecular flexibility index (Phi) is 4.81. The molecule has 0 aliphatic rings. The molecule has 0 amide bonds. The summed E-state index contributed by atoms with van der Waals surface area (Å²) >= 11 is 0. The van der Waals surface area contributed by atoms with Gasteiger partial charge in [0.05, 0.1) is 0 Å². The van der Waals surface area contributed by atoms with Crippen molar-refractivity contribution in [2.75, 3.05) is 0 Å². The number of carboxylic acids is 1. The van der Waals surface area contributed by atoms with E-state index in [1.165, 1.54) is 18.2 Å². The molecule has 0 saturated carbocycles. The van der Waals surface area contributed by atoms with Crippen molar-refractivity contribution >= 4 is 24.4 Å². The highest BCUT2D eigenvalue weighted by Gasteiger charge is 1.99. The summed E-state index contributed by atoms with van der Waals surface area (Å²) in [6.45, 7) is 0. The largest absolute Gasteiger partial charge is 0.478 e. The van der Waals surface area contributed by atoms with E-state index in [1.54, 1.807) is 18.2 Å². The van der Waals surface area contributed by atoms with Crippen LogP contribution in [-0.2, 0) is 9.59 Å². The van der Waals surface area contributed by atoms with Crippen LogP contribution in [-0.4, -0.2) is 17.4 Å². The van der Waals surface area contributed by atoms with Gasteiger partial charge in [0.25, 0.3) is 0 Å². The fourth-order valence-electron chi connectivity index (χ4n) is 1.21. The number of hydrogen-bond acceptors (Lipinski definition) is 2. The molecule has 1 N–H and O–H groups in total. The number of aldehydes is 1. The van der Waals surface area contributed by atoms with Gasteiger partial charge in [0.15, 0.2) is 0 Å². The van der Waals surface area contributed by atoms with Gasteiger partial charge < -0.3 is 9.90 Å². The first-order valence-corrected chi connectivity index (χ1v) is 4.94. The lowest BCUT2D eigenvalue weighted by Gasteiger charge is -1.99. The van der Waals surface area contributed by atoms with Crippen molar-refractivity contribution in [3.05, 3.63) is 47.3 Å². The molecule has 1 aromatic carbocycles. The van der Waals surface area contributed by atoms with E-state index in [9.17, 15) is 14.0 Å². The van der Waals surface area contributed by atoms with Crippen LogP contribution in [0, 0.1) is 5.82 Å². The molecule has 0 aromatic heterocycles. The predicted molar refractivity (Wildman–Crippen MR) is 62.8 cm³/mol. The normalized spacial score (nSPS) is 11.1. The molecule has 0 spiro atoms. The zero-order valence-corrected chi connectivity index (χ0v) is 8.97. The molecule has 0 heterocycles. The van der Waals surface area contributed by atoms with Crippen LogP contribution < -0.4 is 0 Å². The summed E-state index contributed by atoms with van der Waals surface area (Å²) in [6.07, 6.45) is 6.42. The number of carbonyl (C=O) groups is 2. The average molecular weight is 234 g/mol. The third-order valence-corrected chi connectivity index (χ3v) is 1.97. The first-order valence-electron chi connectivity index (χ1n) is 4.94. The van der Waals surface area contributed by atoms with E-state index in [0.29, 0.717) is 5.56 Å². The van der Waals surface area contributed by atoms with Gasteiger partial charge in [-0.1, -0.05) is 18.2 Å². The van der Waals surface area contributed by atoms with Crippen LogP contribution >= 0.6 is 0 Å². The van der Waals surface area contributed by atoms with Crippen molar-refractivity contribution in [2.45, 2.75) is 6.42 Å². The molecule has 0 fully saturated rings. The van der Waals surface area contributed by atoms with Crippen molar-refractivity contribution in [1.29, 1.82) is 0 Å². The van der Waals surface area contributed by atoms with Crippen LogP contribution in [0.2, 0.25) is 0 Å². The second kappa shape index (κ2) is 6.37. The van der Waals surface area contributed by atoms with E-state index >= 15 is 0 Å². The van der Waals surface area contributed by atoms with E-state index in [4.69, 9.17) is 5.11 Å². The van der Waals surface area contributed by atoms with Gasteiger partial charge >= 0.3 is 5.97 Å². The molecule has 0 atom stereocenters. The van der Waals surface area contributed by atoms with Crippen molar-refractivity contribution < 1.29 is 19.1 Å².